The van der Waals surface area contributed by atoms with Gasteiger partial charge in [-0.25, -0.2) is 0 Å². The third kappa shape index (κ3) is 2.42. The molecular weight excluding hydrogens is 204 g/mol. The van der Waals surface area contributed by atoms with Crippen molar-refractivity contribution in [3.63, 3.8) is 0 Å². The van der Waals surface area contributed by atoms with Gasteiger partial charge in [-0.3, -0.25) is 0 Å². The standard InChI is InChI=1S/C8H12N2OS2/c11-8(6-1-2-12-5-6)3-7-4-9-13-10-7/h4,6,8,11H,1-3,5H2. The summed E-state index contributed by atoms with van der Waals surface area (Å²) in [5, 5.41) is 9.84. The minimum Gasteiger partial charge on any atom is -0.392 e. The highest BCUT2D eigenvalue weighted by Crippen LogP contribution is 2.27. The fraction of sp³-hybridized carbons (Fsp3) is 0.750. The highest BCUT2D eigenvalue weighted by atomic mass is 32.2. The Morgan fingerprint density at radius 2 is 2.62 bits per heavy atom. The van der Waals surface area contributed by atoms with Gasteiger partial charge in [0.25, 0.3) is 0 Å². The van der Waals surface area contributed by atoms with E-state index in [1.807, 2.05) is 11.8 Å². The Bertz CT molecular complexity index is 247. The summed E-state index contributed by atoms with van der Waals surface area (Å²) in [6.07, 6.45) is 3.33. The van der Waals surface area contributed by atoms with Crippen molar-refractivity contribution in [2.75, 3.05) is 11.5 Å². The predicted molar refractivity (Wildman–Crippen MR) is 55.1 cm³/mol. The molecule has 2 rings (SSSR count). The average Bonchev–Trinajstić information content (AvgIpc) is 2.74. The van der Waals surface area contributed by atoms with E-state index in [-0.39, 0.29) is 6.10 Å². The largest absolute Gasteiger partial charge is 0.392 e. The van der Waals surface area contributed by atoms with E-state index < -0.39 is 0 Å². The van der Waals surface area contributed by atoms with Crippen molar-refractivity contribution in [1.82, 2.24) is 8.75 Å². The maximum absolute atomic E-state index is 9.84. The molecule has 1 aliphatic heterocycles. The number of rotatable bonds is 3. The van der Waals surface area contributed by atoms with E-state index in [9.17, 15) is 5.11 Å². The van der Waals surface area contributed by atoms with Crippen LogP contribution in [-0.2, 0) is 6.42 Å². The molecule has 2 unspecified atom stereocenters. The van der Waals surface area contributed by atoms with Crippen LogP contribution in [0, 0.1) is 5.92 Å². The summed E-state index contributed by atoms with van der Waals surface area (Å²) < 4.78 is 8.01. The SMILES string of the molecule is OC(Cc1cnsn1)C1CCSC1. The van der Waals surface area contributed by atoms with Crippen LogP contribution >= 0.6 is 23.5 Å². The molecule has 5 heteroatoms. The summed E-state index contributed by atoms with van der Waals surface area (Å²) in [5.74, 6) is 2.75. The molecular formula is C8H12N2OS2. The number of hydrogen-bond donors (Lipinski definition) is 1. The Morgan fingerprint density at radius 1 is 1.69 bits per heavy atom. The van der Waals surface area contributed by atoms with Crippen molar-refractivity contribution in [2.24, 2.45) is 5.92 Å². The smallest absolute Gasteiger partial charge is 0.0768 e. The van der Waals surface area contributed by atoms with E-state index in [0.29, 0.717) is 12.3 Å². The first-order chi connectivity index (χ1) is 6.36. The highest BCUT2D eigenvalue weighted by molar-refractivity contribution is 7.99. The lowest BCUT2D eigenvalue weighted by Gasteiger charge is -2.14. The molecule has 0 radical (unpaired) electrons. The van der Waals surface area contributed by atoms with Gasteiger partial charge in [-0.15, -0.1) is 0 Å². The van der Waals surface area contributed by atoms with Crippen molar-refractivity contribution < 1.29 is 5.11 Å². The van der Waals surface area contributed by atoms with Crippen molar-refractivity contribution in [3.8, 4) is 0 Å². The lowest BCUT2D eigenvalue weighted by Crippen LogP contribution is -2.22. The first kappa shape index (κ1) is 9.43. The summed E-state index contributed by atoms with van der Waals surface area (Å²) in [6, 6.07) is 0. The summed E-state index contributed by atoms with van der Waals surface area (Å²) in [5.41, 5.74) is 0.925. The second-order valence-corrected chi connectivity index (χ2v) is 5.00. The lowest BCUT2D eigenvalue weighted by atomic mass is 9.98. The number of aromatic nitrogens is 2. The molecule has 0 bridgehead atoms. The summed E-state index contributed by atoms with van der Waals surface area (Å²) in [6.45, 7) is 0. The minimum atomic E-state index is -0.223. The first-order valence-corrected chi connectivity index (χ1v) is 6.27. The molecule has 0 aromatic carbocycles. The van der Waals surface area contributed by atoms with Crippen LogP contribution in [0.1, 0.15) is 12.1 Å². The topological polar surface area (TPSA) is 46.0 Å². The maximum Gasteiger partial charge on any atom is 0.0768 e. The van der Waals surface area contributed by atoms with Crippen molar-refractivity contribution in [2.45, 2.75) is 18.9 Å². The average molecular weight is 216 g/mol. The van der Waals surface area contributed by atoms with Crippen LogP contribution in [0.15, 0.2) is 6.20 Å². The number of aliphatic hydroxyl groups excluding tert-OH is 1. The number of hydrogen-bond acceptors (Lipinski definition) is 5. The monoisotopic (exact) mass is 216 g/mol. The molecule has 1 aliphatic rings. The molecule has 1 fully saturated rings. The number of nitrogens with zero attached hydrogens (tertiary/aromatic N) is 2. The second-order valence-electron chi connectivity index (χ2n) is 3.29. The molecule has 72 valence electrons. The molecule has 1 aromatic heterocycles. The Labute approximate surface area is 85.9 Å². The van der Waals surface area contributed by atoms with Gasteiger partial charge in [-0.2, -0.15) is 20.5 Å². The van der Waals surface area contributed by atoms with Crippen LogP contribution < -0.4 is 0 Å². The highest BCUT2D eigenvalue weighted by Gasteiger charge is 2.24. The molecule has 1 saturated heterocycles. The number of aliphatic hydroxyl groups is 1. The van der Waals surface area contributed by atoms with E-state index in [4.69, 9.17) is 0 Å². The van der Waals surface area contributed by atoms with Crippen LogP contribution in [0.25, 0.3) is 0 Å². The summed E-state index contributed by atoms with van der Waals surface area (Å²) in [7, 11) is 0. The lowest BCUT2D eigenvalue weighted by molar-refractivity contribution is 0.119. The molecule has 3 nitrogen and oxygen atoms in total. The van der Waals surface area contributed by atoms with Crippen molar-refractivity contribution >= 4 is 23.5 Å². The third-order valence-corrected chi connectivity index (χ3v) is 4.04. The normalized spacial score (nSPS) is 24.8. The molecule has 1 N–H and O–H groups in total. The van der Waals surface area contributed by atoms with Gasteiger partial charge in [0, 0.05) is 6.42 Å². The molecule has 2 heterocycles. The zero-order valence-electron chi connectivity index (χ0n) is 7.22. The number of thioether (sulfide) groups is 1. The van der Waals surface area contributed by atoms with Gasteiger partial charge in [-0.1, -0.05) is 0 Å². The molecule has 0 saturated carbocycles. The summed E-state index contributed by atoms with van der Waals surface area (Å²) >= 11 is 3.14. The van der Waals surface area contributed by atoms with E-state index in [1.54, 1.807) is 6.20 Å². The second kappa shape index (κ2) is 4.39. The van der Waals surface area contributed by atoms with Gasteiger partial charge in [-0.05, 0) is 23.8 Å². The maximum atomic E-state index is 9.84. The van der Waals surface area contributed by atoms with Gasteiger partial charge < -0.3 is 5.11 Å². The van der Waals surface area contributed by atoms with Gasteiger partial charge in [0.2, 0.25) is 0 Å². The first-order valence-electron chi connectivity index (χ1n) is 4.38. The van der Waals surface area contributed by atoms with Gasteiger partial charge in [0.15, 0.2) is 0 Å². The van der Waals surface area contributed by atoms with Crippen molar-refractivity contribution in [1.29, 1.82) is 0 Å². The third-order valence-electron chi connectivity index (χ3n) is 2.33. The minimum absolute atomic E-state index is 0.223. The van der Waals surface area contributed by atoms with Gasteiger partial charge in [0.05, 0.1) is 29.7 Å². The summed E-state index contributed by atoms with van der Waals surface area (Å²) in [4.78, 5) is 0. The fourth-order valence-electron chi connectivity index (χ4n) is 1.51. The zero-order chi connectivity index (χ0) is 9.10. The van der Waals surface area contributed by atoms with Gasteiger partial charge >= 0.3 is 0 Å². The Kier molecular flexibility index (Phi) is 3.18. The molecule has 2 atom stereocenters. The van der Waals surface area contributed by atoms with Crippen LogP contribution in [-0.4, -0.2) is 31.5 Å². The van der Waals surface area contributed by atoms with E-state index in [2.05, 4.69) is 8.75 Å². The fourth-order valence-corrected chi connectivity index (χ4v) is 3.28. The predicted octanol–water partition coefficient (Wildman–Crippen LogP) is 1.19. The van der Waals surface area contributed by atoms with E-state index in [0.717, 1.165) is 17.9 Å². The van der Waals surface area contributed by atoms with Crippen molar-refractivity contribution in [3.05, 3.63) is 11.9 Å². The van der Waals surface area contributed by atoms with E-state index >= 15 is 0 Å². The Balaban J connectivity index is 1.87. The van der Waals surface area contributed by atoms with Crippen LogP contribution in [0.3, 0.4) is 0 Å². The van der Waals surface area contributed by atoms with Gasteiger partial charge in [0.1, 0.15) is 0 Å². The van der Waals surface area contributed by atoms with Crippen LogP contribution in [0.2, 0.25) is 0 Å². The molecule has 0 aliphatic carbocycles. The molecule has 0 amide bonds. The van der Waals surface area contributed by atoms with E-state index in [1.165, 1.54) is 17.5 Å². The van der Waals surface area contributed by atoms with Crippen LogP contribution in [0.5, 0.6) is 0 Å². The molecule has 1 aromatic rings. The molecule has 0 spiro atoms. The van der Waals surface area contributed by atoms with Crippen LogP contribution in [0.4, 0.5) is 0 Å². The Hall–Kier alpha value is -0.130. The quantitative estimate of drug-likeness (QED) is 0.824. The zero-order valence-corrected chi connectivity index (χ0v) is 8.85. The Morgan fingerprint density at radius 3 is 3.23 bits per heavy atom. The molecule has 13 heavy (non-hydrogen) atoms.